The number of aromatic nitrogens is 1. The summed E-state index contributed by atoms with van der Waals surface area (Å²) in [4.78, 5) is 4.04. The van der Waals surface area contributed by atoms with E-state index in [4.69, 9.17) is 4.74 Å². The van der Waals surface area contributed by atoms with Crippen molar-refractivity contribution in [1.29, 1.82) is 0 Å². The minimum absolute atomic E-state index is 0.159. The maximum Gasteiger partial charge on any atom is 0.229 e. The average molecular weight is 305 g/mol. The normalized spacial score (nSPS) is 11.1. The highest BCUT2D eigenvalue weighted by molar-refractivity contribution is 7.13. The molecular formula is C15H19N3O2S. The van der Waals surface area contributed by atoms with E-state index < -0.39 is 0 Å². The molecule has 21 heavy (non-hydrogen) atoms. The van der Waals surface area contributed by atoms with E-state index >= 15 is 0 Å². The average Bonchev–Trinajstić information content (AvgIpc) is 2.99. The molecule has 2 aromatic rings. The van der Waals surface area contributed by atoms with Gasteiger partial charge in [0, 0.05) is 17.6 Å². The van der Waals surface area contributed by atoms with Gasteiger partial charge in [-0.25, -0.2) is 4.98 Å². The summed E-state index contributed by atoms with van der Waals surface area (Å²) in [7, 11) is 0. The lowest BCUT2D eigenvalue weighted by molar-refractivity contribution is 0.304. The van der Waals surface area contributed by atoms with E-state index in [1.165, 1.54) is 24.2 Å². The first kappa shape index (κ1) is 15.4. The number of phenols is 1. The molecule has 5 nitrogen and oxygen atoms in total. The van der Waals surface area contributed by atoms with Gasteiger partial charge in [-0.2, -0.15) is 0 Å². The van der Waals surface area contributed by atoms with Crippen LogP contribution in [0.1, 0.15) is 32.6 Å². The molecule has 2 rings (SSSR count). The van der Waals surface area contributed by atoms with E-state index in [9.17, 15) is 5.11 Å². The van der Waals surface area contributed by atoms with Crippen LogP contribution in [0.15, 0.2) is 40.0 Å². The number of aromatic hydroxyl groups is 1. The van der Waals surface area contributed by atoms with Gasteiger partial charge in [0.05, 0.1) is 6.61 Å². The number of rotatable bonds is 8. The van der Waals surface area contributed by atoms with E-state index in [1.807, 2.05) is 5.38 Å². The van der Waals surface area contributed by atoms with Gasteiger partial charge < -0.3 is 9.84 Å². The highest BCUT2D eigenvalue weighted by Gasteiger charge is 2.05. The summed E-state index contributed by atoms with van der Waals surface area (Å²) < 4.78 is 5.70. The Bertz CT molecular complexity index is 570. The van der Waals surface area contributed by atoms with Gasteiger partial charge in [-0.1, -0.05) is 26.2 Å². The molecule has 0 spiro atoms. The minimum atomic E-state index is 0.159. The molecule has 0 atom stereocenters. The first-order valence-corrected chi connectivity index (χ1v) is 7.94. The van der Waals surface area contributed by atoms with Crippen molar-refractivity contribution >= 4 is 22.2 Å². The first-order chi connectivity index (χ1) is 10.3. The number of nitrogens with zero attached hydrogens (tertiary/aromatic N) is 3. The largest absolute Gasteiger partial charge is 0.508 e. The molecule has 112 valence electrons. The predicted octanol–water partition coefficient (Wildman–Crippen LogP) is 5.22. The van der Waals surface area contributed by atoms with Crippen molar-refractivity contribution in [3.05, 3.63) is 29.8 Å². The van der Waals surface area contributed by atoms with Crippen LogP contribution in [0, 0.1) is 0 Å². The number of unbranched alkanes of at least 4 members (excludes halogenated alkanes) is 3. The number of hydrogen-bond donors (Lipinski definition) is 1. The van der Waals surface area contributed by atoms with Crippen LogP contribution in [-0.4, -0.2) is 16.7 Å². The fourth-order valence-electron chi connectivity index (χ4n) is 1.77. The predicted molar refractivity (Wildman–Crippen MR) is 84.0 cm³/mol. The molecular weight excluding hydrogens is 286 g/mol. The number of benzene rings is 1. The van der Waals surface area contributed by atoms with Gasteiger partial charge in [0.25, 0.3) is 0 Å². The van der Waals surface area contributed by atoms with Crippen molar-refractivity contribution in [1.82, 2.24) is 4.98 Å². The fraction of sp³-hybridized carbons (Fsp3) is 0.400. The zero-order chi connectivity index (χ0) is 14.9. The van der Waals surface area contributed by atoms with Crippen LogP contribution in [0.3, 0.4) is 0 Å². The molecule has 6 heteroatoms. The number of phenolic OH excluding ortho intramolecular Hbond substituents is 1. The Labute approximate surface area is 128 Å². The second kappa shape index (κ2) is 8.36. The van der Waals surface area contributed by atoms with Crippen molar-refractivity contribution in [2.24, 2.45) is 10.2 Å². The Morgan fingerprint density at radius 2 is 2.14 bits per heavy atom. The molecule has 0 unspecified atom stereocenters. The fourth-order valence-corrected chi connectivity index (χ4v) is 2.23. The minimum Gasteiger partial charge on any atom is -0.508 e. The lowest BCUT2D eigenvalue weighted by Gasteiger charge is -2.08. The van der Waals surface area contributed by atoms with E-state index in [2.05, 4.69) is 22.1 Å². The molecule has 0 aliphatic rings. The number of hydrogen-bond acceptors (Lipinski definition) is 6. The molecule has 0 saturated carbocycles. The summed E-state index contributed by atoms with van der Waals surface area (Å²) in [5, 5.41) is 20.2. The van der Waals surface area contributed by atoms with Gasteiger partial charge in [-0.3, -0.25) is 0 Å². The second-order valence-corrected chi connectivity index (χ2v) is 5.45. The second-order valence-electron chi connectivity index (χ2n) is 4.58. The van der Waals surface area contributed by atoms with Gasteiger partial charge in [0.15, 0.2) is 0 Å². The van der Waals surface area contributed by atoms with Crippen LogP contribution in [0.5, 0.6) is 11.5 Å². The number of azo groups is 1. The lowest BCUT2D eigenvalue weighted by atomic mass is 10.2. The summed E-state index contributed by atoms with van der Waals surface area (Å²) >= 11 is 1.42. The van der Waals surface area contributed by atoms with Crippen LogP contribution in [0.25, 0.3) is 0 Å². The van der Waals surface area contributed by atoms with E-state index in [0.717, 1.165) is 12.8 Å². The summed E-state index contributed by atoms with van der Waals surface area (Å²) in [6.45, 7) is 2.79. The van der Waals surface area contributed by atoms with Gasteiger partial charge in [0.2, 0.25) is 5.13 Å². The zero-order valence-corrected chi connectivity index (χ0v) is 12.8. The molecule has 0 saturated heterocycles. The van der Waals surface area contributed by atoms with Crippen molar-refractivity contribution in [3.63, 3.8) is 0 Å². The van der Waals surface area contributed by atoms with Crippen molar-refractivity contribution in [3.8, 4) is 11.5 Å². The van der Waals surface area contributed by atoms with E-state index in [0.29, 0.717) is 23.2 Å². The summed E-state index contributed by atoms with van der Waals surface area (Å²) in [6.07, 6.45) is 6.22. The highest BCUT2D eigenvalue weighted by Crippen LogP contribution is 2.33. The molecule has 0 fully saturated rings. The molecule has 1 aromatic heterocycles. The summed E-state index contributed by atoms with van der Waals surface area (Å²) in [6, 6.07) is 4.82. The zero-order valence-electron chi connectivity index (χ0n) is 12.0. The topological polar surface area (TPSA) is 67.1 Å². The van der Waals surface area contributed by atoms with E-state index in [1.54, 1.807) is 24.4 Å². The Morgan fingerprint density at radius 3 is 2.90 bits per heavy atom. The standard InChI is InChI=1S/C15H19N3O2S/c1-2-3-4-5-9-20-14-11-12(19)6-7-13(14)17-18-15-16-8-10-21-15/h6-8,10-11,19H,2-5,9H2,1H3. The molecule has 0 amide bonds. The molecule has 1 heterocycles. The maximum atomic E-state index is 9.57. The number of ether oxygens (including phenoxy) is 1. The Morgan fingerprint density at radius 1 is 1.24 bits per heavy atom. The van der Waals surface area contributed by atoms with Gasteiger partial charge in [0.1, 0.15) is 17.2 Å². The van der Waals surface area contributed by atoms with Gasteiger partial charge in [-0.15, -0.1) is 21.6 Å². The van der Waals surface area contributed by atoms with Crippen molar-refractivity contribution in [2.45, 2.75) is 32.6 Å². The Kier molecular flexibility index (Phi) is 6.15. The monoisotopic (exact) mass is 305 g/mol. The molecule has 0 radical (unpaired) electrons. The van der Waals surface area contributed by atoms with Gasteiger partial charge >= 0.3 is 0 Å². The quantitative estimate of drug-likeness (QED) is 0.537. The third-order valence-corrected chi connectivity index (χ3v) is 3.52. The van der Waals surface area contributed by atoms with Crippen LogP contribution in [0.4, 0.5) is 10.8 Å². The molecule has 1 aromatic carbocycles. The van der Waals surface area contributed by atoms with Gasteiger partial charge in [-0.05, 0) is 18.6 Å². The lowest BCUT2D eigenvalue weighted by Crippen LogP contribution is -1.97. The van der Waals surface area contributed by atoms with Crippen molar-refractivity contribution < 1.29 is 9.84 Å². The molecule has 0 bridgehead atoms. The van der Waals surface area contributed by atoms with Crippen LogP contribution in [0.2, 0.25) is 0 Å². The third-order valence-electron chi connectivity index (χ3n) is 2.86. The maximum absolute atomic E-state index is 9.57. The molecule has 1 N–H and O–H groups in total. The summed E-state index contributed by atoms with van der Waals surface area (Å²) in [5.74, 6) is 0.707. The smallest absolute Gasteiger partial charge is 0.229 e. The third kappa shape index (κ3) is 5.15. The van der Waals surface area contributed by atoms with Crippen LogP contribution < -0.4 is 4.74 Å². The summed E-state index contributed by atoms with van der Waals surface area (Å²) in [5.41, 5.74) is 0.596. The highest BCUT2D eigenvalue weighted by atomic mass is 32.1. The first-order valence-electron chi connectivity index (χ1n) is 7.06. The molecule has 0 aliphatic heterocycles. The Hall–Kier alpha value is -1.95. The molecule has 0 aliphatic carbocycles. The van der Waals surface area contributed by atoms with Crippen LogP contribution in [-0.2, 0) is 0 Å². The van der Waals surface area contributed by atoms with Crippen molar-refractivity contribution in [2.75, 3.05) is 6.61 Å². The van der Waals surface area contributed by atoms with Crippen LogP contribution >= 0.6 is 11.3 Å². The number of thiazole rings is 1. The van der Waals surface area contributed by atoms with E-state index in [-0.39, 0.29) is 5.75 Å². The SMILES string of the molecule is CCCCCCOc1cc(O)ccc1N=Nc1nccs1. The Balaban J connectivity index is 1.99.